The molecule has 1 aromatic carbocycles. The van der Waals surface area contributed by atoms with E-state index in [1.54, 1.807) is 12.0 Å². The van der Waals surface area contributed by atoms with Gasteiger partial charge in [-0.1, -0.05) is 12.8 Å². The Morgan fingerprint density at radius 1 is 1.04 bits per heavy atom. The number of fused-ring (bicyclic) bond motifs is 1. The van der Waals surface area contributed by atoms with Crippen LogP contribution < -0.4 is 9.64 Å². The van der Waals surface area contributed by atoms with Crippen LogP contribution in [0.2, 0.25) is 0 Å². The Hall–Kier alpha value is -1.60. The lowest BCUT2D eigenvalue weighted by molar-refractivity contribution is -0.124. The number of benzene rings is 1. The van der Waals surface area contributed by atoms with E-state index in [0.29, 0.717) is 12.6 Å². The quantitative estimate of drug-likeness (QED) is 0.812. The zero-order chi connectivity index (χ0) is 17.6. The van der Waals surface area contributed by atoms with Crippen LogP contribution in [0.25, 0.3) is 0 Å². The van der Waals surface area contributed by atoms with Crippen LogP contribution in [0.4, 0.5) is 5.69 Å². The molecule has 25 heavy (non-hydrogen) atoms. The Morgan fingerprint density at radius 2 is 1.68 bits per heavy atom. The van der Waals surface area contributed by atoms with Gasteiger partial charge in [0.05, 0.1) is 31.2 Å². The van der Waals surface area contributed by atoms with Crippen LogP contribution in [0.3, 0.4) is 0 Å². The lowest BCUT2D eigenvalue weighted by atomic mass is 10.00. The van der Waals surface area contributed by atoms with Gasteiger partial charge in [0.25, 0.3) is 0 Å². The highest BCUT2D eigenvalue weighted by molar-refractivity contribution is 7.91. The molecule has 0 spiro atoms. The SMILES string of the molecule is COc1ccc(N2C(=O)CN(C3CCCC3)[C@H]3CS(=O)(=O)C[C@H]32)cc1. The molecular weight excluding hydrogens is 340 g/mol. The number of amides is 1. The summed E-state index contributed by atoms with van der Waals surface area (Å²) in [6, 6.07) is 7.26. The number of methoxy groups -OCH3 is 1. The number of nitrogens with zero attached hydrogens (tertiary/aromatic N) is 2. The van der Waals surface area contributed by atoms with E-state index in [1.807, 2.05) is 24.3 Å². The number of hydrogen-bond acceptors (Lipinski definition) is 5. The van der Waals surface area contributed by atoms with Gasteiger partial charge >= 0.3 is 0 Å². The summed E-state index contributed by atoms with van der Waals surface area (Å²) in [4.78, 5) is 16.8. The van der Waals surface area contributed by atoms with Gasteiger partial charge in [0.2, 0.25) is 5.91 Å². The molecular formula is C18H24N2O4S. The van der Waals surface area contributed by atoms with Gasteiger partial charge in [-0.05, 0) is 37.1 Å². The fourth-order valence-electron chi connectivity index (χ4n) is 4.62. The highest BCUT2D eigenvalue weighted by atomic mass is 32.2. The van der Waals surface area contributed by atoms with Gasteiger partial charge in [-0.2, -0.15) is 0 Å². The molecule has 2 aliphatic heterocycles. The fourth-order valence-corrected chi connectivity index (χ4v) is 6.58. The van der Waals surface area contributed by atoms with Gasteiger partial charge in [-0.25, -0.2) is 8.42 Å². The molecule has 2 saturated heterocycles. The minimum absolute atomic E-state index is 0.00424. The van der Waals surface area contributed by atoms with Crippen molar-refractivity contribution in [3.8, 4) is 5.75 Å². The van der Waals surface area contributed by atoms with Crippen molar-refractivity contribution in [1.29, 1.82) is 0 Å². The van der Waals surface area contributed by atoms with Gasteiger partial charge in [0.15, 0.2) is 9.84 Å². The minimum Gasteiger partial charge on any atom is -0.497 e. The summed E-state index contributed by atoms with van der Waals surface area (Å²) in [6.45, 7) is 0.313. The Morgan fingerprint density at radius 3 is 2.32 bits per heavy atom. The van der Waals surface area contributed by atoms with Crippen molar-refractivity contribution >= 4 is 21.4 Å². The third kappa shape index (κ3) is 3.04. The van der Waals surface area contributed by atoms with E-state index in [9.17, 15) is 13.2 Å². The number of carbonyl (C=O) groups excluding carboxylic acids is 1. The van der Waals surface area contributed by atoms with Gasteiger partial charge < -0.3 is 9.64 Å². The standard InChI is InChI=1S/C18H24N2O4S/c1-24-15-8-6-14(7-9-15)20-17-12-25(22,23)11-16(17)19(10-18(20)21)13-4-2-3-5-13/h6-9,13,16-17H,2-5,10-12H2,1H3/t16-,17+/m0/s1. The topological polar surface area (TPSA) is 66.9 Å². The molecule has 1 aliphatic carbocycles. The molecule has 1 aromatic rings. The third-order valence-corrected chi connectivity index (χ3v) is 7.48. The number of sulfone groups is 1. The average Bonchev–Trinajstić information content (AvgIpc) is 3.21. The largest absolute Gasteiger partial charge is 0.497 e. The summed E-state index contributed by atoms with van der Waals surface area (Å²) in [5.41, 5.74) is 0.754. The van der Waals surface area contributed by atoms with Crippen LogP contribution in [0.15, 0.2) is 24.3 Å². The molecule has 1 saturated carbocycles. The average molecular weight is 364 g/mol. The van der Waals surface area contributed by atoms with Crippen molar-refractivity contribution in [2.75, 3.05) is 30.1 Å². The van der Waals surface area contributed by atoms with Crippen LogP contribution in [0, 0.1) is 0 Å². The second-order valence-corrected chi connectivity index (χ2v) is 9.44. The highest BCUT2D eigenvalue weighted by Crippen LogP contribution is 2.36. The maximum absolute atomic E-state index is 12.9. The van der Waals surface area contributed by atoms with Gasteiger partial charge in [0, 0.05) is 17.8 Å². The van der Waals surface area contributed by atoms with Gasteiger partial charge in [0.1, 0.15) is 5.75 Å². The van der Waals surface area contributed by atoms with Crippen LogP contribution >= 0.6 is 0 Å². The molecule has 0 unspecified atom stereocenters. The van der Waals surface area contributed by atoms with E-state index in [4.69, 9.17) is 4.74 Å². The maximum Gasteiger partial charge on any atom is 0.241 e. The normalized spacial score (nSPS) is 29.8. The molecule has 6 nitrogen and oxygen atoms in total. The monoisotopic (exact) mass is 364 g/mol. The van der Waals surface area contributed by atoms with Crippen LogP contribution in [-0.2, 0) is 14.6 Å². The van der Waals surface area contributed by atoms with E-state index >= 15 is 0 Å². The molecule has 3 fully saturated rings. The molecule has 2 atom stereocenters. The fraction of sp³-hybridized carbons (Fsp3) is 0.611. The summed E-state index contributed by atoms with van der Waals surface area (Å²) < 4.78 is 29.9. The first-order valence-corrected chi connectivity index (χ1v) is 10.7. The second-order valence-electron chi connectivity index (χ2n) is 7.28. The zero-order valence-corrected chi connectivity index (χ0v) is 15.2. The summed E-state index contributed by atoms with van der Waals surface area (Å²) in [5.74, 6) is 0.930. The molecule has 7 heteroatoms. The molecule has 0 aromatic heterocycles. The number of rotatable bonds is 3. The lowest BCUT2D eigenvalue weighted by Gasteiger charge is -2.46. The maximum atomic E-state index is 12.9. The Labute approximate surface area is 148 Å². The molecule has 0 bridgehead atoms. The first kappa shape index (κ1) is 16.8. The lowest BCUT2D eigenvalue weighted by Crippen LogP contribution is -2.64. The van der Waals surface area contributed by atoms with Crippen molar-refractivity contribution in [1.82, 2.24) is 4.90 Å². The van der Waals surface area contributed by atoms with E-state index in [0.717, 1.165) is 24.3 Å². The van der Waals surface area contributed by atoms with Crippen molar-refractivity contribution in [2.24, 2.45) is 0 Å². The molecule has 4 rings (SSSR count). The first-order valence-electron chi connectivity index (χ1n) is 8.91. The predicted molar refractivity (Wildman–Crippen MR) is 95.7 cm³/mol. The van der Waals surface area contributed by atoms with Crippen LogP contribution in [0.1, 0.15) is 25.7 Å². The molecule has 1 amide bonds. The molecule has 3 aliphatic rings. The number of ether oxygens (including phenoxy) is 1. The highest BCUT2D eigenvalue weighted by Gasteiger charge is 2.51. The van der Waals surface area contributed by atoms with Crippen molar-refractivity contribution in [3.05, 3.63) is 24.3 Å². The number of carbonyl (C=O) groups is 1. The molecule has 0 radical (unpaired) electrons. The molecule has 0 N–H and O–H groups in total. The Bertz CT molecular complexity index is 756. The van der Waals surface area contributed by atoms with E-state index < -0.39 is 9.84 Å². The van der Waals surface area contributed by atoms with Gasteiger partial charge in [-0.15, -0.1) is 0 Å². The first-order chi connectivity index (χ1) is 12.0. The molecule has 2 heterocycles. The smallest absolute Gasteiger partial charge is 0.241 e. The summed E-state index contributed by atoms with van der Waals surface area (Å²) in [5, 5.41) is 0. The second kappa shape index (κ2) is 6.29. The van der Waals surface area contributed by atoms with Crippen molar-refractivity contribution < 1.29 is 17.9 Å². The van der Waals surface area contributed by atoms with Gasteiger partial charge in [-0.3, -0.25) is 9.69 Å². The van der Waals surface area contributed by atoms with E-state index in [1.165, 1.54) is 12.8 Å². The van der Waals surface area contributed by atoms with Crippen molar-refractivity contribution in [3.63, 3.8) is 0 Å². The van der Waals surface area contributed by atoms with E-state index in [2.05, 4.69) is 4.90 Å². The van der Waals surface area contributed by atoms with Crippen molar-refractivity contribution in [2.45, 2.75) is 43.8 Å². The van der Waals surface area contributed by atoms with Crippen LogP contribution in [0.5, 0.6) is 5.75 Å². The summed E-state index contributed by atoms with van der Waals surface area (Å²) >= 11 is 0. The third-order valence-electron chi connectivity index (χ3n) is 5.78. The predicted octanol–water partition coefficient (Wildman–Crippen LogP) is 1.45. The summed E-state index contributed by atoms with van der Waals surface area (Å²) in [7, 11) is -1.53. The Kier molecular flexibility index (Phi) is 4.24. The summed E-state index contributed by atoms with van der Waals surface area (Å²) in [6.07, 6.45) is 4.47. The molecule has 136 valence electrons. The Balaban J connectivity index is 1.67. The number of hydrogen-bond donors (Lipinski definition) is 0. The van der Waals surface area contributed by atoms with Crippen LogP contribution in [-0.4, -0.2) is 62.5 Å². The number of piperazine rings is 1. The van der Waals surface area contributed by atoms with E-state index in [-0.39, 0.29) is 29.5 Å². The zero-order valence-electron chi connectivity index (χ0n) is 14.4. The minimum atomic E-state index is -3.13. The number of anilines is 1.